The van der Waals surface area contributed by atoms with Crippen molar-refractivity contribution in [3.8, 4) is 0 Å². The van der Waals surface area contributed by atoms with Crippen LogP contribution in [0.3, 0.4) is 0 Å². The monoisotopic (exact) mass is 260 g/mol. The number of nitrogens with one attached hydrogen (secondary N) is 1. The van der Waals surface area contributed by atoms with E-state index in [9.17, 15) is 0 Å². The number of benzene rings is 1. The highest BCUT2D eigenvalue weighted by Gasteiger charge is 2.20. The smallest absolute Gasteiger partial charge is 0.0345 e. The molecule has 1 saturated heterocycles. The average molecular weight is 260 g/mol. The molecular formula is C17H28N2. The molecule has 1 aromatic rings. The maximum Gasteiger partial charge on any atom is 0.0345 e. The van der Waals surface area contributed by atoms with Crippen molar-refractivity contribution in [3.05, 3.63) is 35.9 Å². The van der Waals surface area contributed by atoms with Gasteiger partial charge in [-0.2, -0.15) is 0 Å². The minimum Gasteiger partial charge on any atom is -0.317 e. The molecule has 19 heavy (non-hydrogen) atoms. The van der Waals surface area contributed by atoms with E-state index < -0.39 is 0 Å². The number of rotatable bonds is 6. The molecule has 0 spiro atoms. The van der Waals surface area contributed by atoms with Gasteiger partial charge in [0.05, 0.1) is 0 Å². The lowest BCUT2D eigenvalue weighted by atomic mass is 9.95. The summed E-state index contributed by atoms with van der Waals surface area (Å²) in [6.45, 7) is 5.92. The molecule has 1 atom stereocenters. The normalized spacial score (nSPS) is 18.7. The van der Waals surface area contributed by atoms with Crippen LogP contribution in [0, 0.1) is 5.92 Å². The highest BCUT2D eigenvalue weighted by molar-refractivity contribution is 5.18. The third-order valence-electron chi connectivity index (χ3n) is 4.28. The second-order valence-corrected chi connectivity index (χ2v) is 5.85. The van der Waals surface area contributed by atoms with Crippen molar-refractivity contribution in [2.24, 2.45) is 5.92 Å². The van der Waals surface area contributed by atoms with Gasteiger partial charge < -0.3 is 5.32 Å². The zero-order valence-electron chi connectivity index (χ0n) is 12.4. The van der Waals surface area contributed by atoms with Gasteiger partial charge in [0.15, 0.2) is 0 Å². The Balaban J connectivity index is 1.97. The first-order chi connectivity index (χ1) is 9.31. The maximum atomic E-state index is 3.46. The van der Waals surface area contributed by atoms with E-state index in [1.54, 1.807) is 0 Å². The van der Waals surface area contributed by atoms with Crippen LogP contribution in [-0.2, 0) is 0 Å². The first kappa shape index (κ1) is 14.5. The van der Waals surface area contributed by atoms with E-state index in [4.69, 9.17) is 0 Å². The summed E-state index contributed by atoms with van der Waals surface area (Å²) >= 11 is 0. The van der Waals surface area contributed by atoms with Gasteiger partial charge in [-0.15, -0.1) is 0 Å². The molecule has 1 aliphatic heterocycles. The molecule has 1 heterocycles. The Hall–Kier alpha value is -0.860. The summed E-state index contributed by atoms with van der Waals surface area (Å²) in [6, 6.07) is 11.6. The van der Waals surface area contributed by atoms with Gasteiger partial charge >= 0.3 is 0 Å². The lowest BCUT2D eigenvalue weighted by molar-refractivity contribution is 0.178. The van der Waals surface area contributed by atoms with Crippen LogP contribution in [0.2, 0.25) is 0 Å². The van der Waals surface area contributed by atoms with Gasteiger partial charge in [0.1, 0.15) is 0 Å². The van der Waals surface area contributed by atoms with Gasteiger partial charge in [-0.05, 0) is 50.9 Å². The number of hydrogen-bond donors (Lipinski definition) is 1. The second kappa shape index (κ2) is 7.66. The molecule has 0 saturated carbocycles. The predicted molar refractivity (Wildman–Crippen MR) is 82.3 cm³/mol. The number of nitrogens with zero attached hydrogens (tertiary/aromatic N) is 1. The summed E-state index contributed by atoms with van der Waals surface area (Å²) in [7, 11) is 2.30. The van der Waals surface area contributed by atoms with Crippen LogP contribution in [-0.4, -0.2) is 31.6 Å². The lowest BCUT2D eigenvalue weighted by Gasteiger charge is -2.33. The van der Waals surface area contributed by atoms with Crippen molar-refractivity contribution in [2.45, 2.75) is 38.6 Å². The summed E-state index contributed by atoms with van der Waals surface area (Å²) in [4.78, 5) is 2.58. The molecule has 0 bridgehead atoms. The Labute approximate surface area is 118 Å². The molecule has 0 radical (unpaired) electrons. The highest BCUT2D eigenvalue weighted by atomic mass is 15.1. The highest BCUT2D eigenvalue weighted by Crippen LogP contribution is 2.26. The van der Waals surface area contributed by atoms with Crippen LogP contribution in [0.5, 0.6) is 0 Å². The zero-order valence-corrected chi connectivity index (χ0v) is 12.4. The van der Waals surface area contributed by atoms with Gasteiger partial charge in [-0.3, -0.25) is 4.90 Å². The molecule has 0 aromatic heterocycles. The summed E-state index contributed by atoms with van der Waals surface area (Å²) in [5, 5.41) is 3.46. The van der Waals surface area contributed by atoms with Gasteiger partial charge in [0.25, 0.3) is 0 Å². The fraction of sp³-hybridized carbons (Fsp3) is 0.647. The van der Waals surface area contributed by atoms with Gasteiger partial charge in [0, 0.05) is 12.6 Å². The maximum absolute atomic E-state index is 3.46. The molecular weight excluding hydrogens is 232 g/mol. The zero-order chi connectivity index (χ0) is 13.5. The first-order valence-electron chi connectivity index (χ1n) is 7.77. The first-order valence-corrected chi connectivity index (χ1v) is 7.77. The van der Waals surface area contributed by atoms with Crippen LogP contribution in [0.4, 0.5) is 0 Å². The topological polar surface area (TPSA) is 15.3 Å². The third kappa shape index (κ3) is 4.32. The molecule has 0 amide bonds. The molecule has 1 fully saturated rings. The van der Waals surface area contributed by atoms with E-state index in [-0.39, 0.29) is 0 Å². The van der Waals surface area contributed by atoms with E-state index in [1.807, 2.05) is 0 Å². The van der Waals surface area contributed by atoms with Crippen molar-refractivity contribution < 1.29 is 0 Å². The van der Waals surface area contributed by atoms with E-state index in [0.29, 0.717) is 6.04 Å². The standard InChI is InChI=1S/C17H28N2/c1-3-7-17(16-8-5-4-6-9-16)19(2)14-15-10-12-18-13-11-15/h4-6,8-9,15,17-18H,3,7,10-14H2,1-2H3. The summed E-state index contributed by atoms with van der Waals surface area (Å²) < 4.78 is 0. The van der Waals surface area contributed by atoms with Crippen molar-refractivity contribution in [1.29, 1.82) is 0 Å². The Morgan fingerprint density at radius 1 is 1.21 bits per heavy atom. The molecule has 1 aliphatic rings. The Kier molecular flexibility index (Phi) is 5.87. The Morgan fingerprint density at radius 3 is 2.53 bits per heavy atom. The van der Waals surface area contributed by atoms with Gasteiger partial charge in [-0.25, -0.2) is 0 Å². The fourth-order valence-corrected chi connectivity index (χ4v) is 3.19. The van der Waals surface area contributed by atoms with Crippen LogP contribution in [0.1, 0.15) is 44.2 Å². The quantitative estimate of drug-likeness (QED) is 0.842. The minimum absolute atomic E-state index is 0.584. The van der Waals surface area contributed by atoms with Gasteiger partial charge in [-0.1, -0.05) is 43.7 Å². The third-order valence-corrected chi connectivity index (χ3v) is 4.28. The van der Waals surface area contributed by atoms with Crippen LogP contribution in [0.25, 0.3) is 0 Å². The lowest BCUT2D eigenvalue weighted by Crippen LogP contribution is -2.36. The summed E-state index contributed by atoms with van der Waals surface area (Å²) in [5.74, 6) is 0.870. The average Bonchev–Trinajstić information content (AvgIpc) is 2.46. The summed E-state index contributed by atoms with van der Waals surface area (Å²) in [6.07, 6.45) is 5.16. The number of piperidine rings is 1. The molecule has 2 rings (SSSR count). The predicted octanol–water partition coefficient (Wildman–Crippen LogP) is 3.46. The van der Waals surface area contributed by atoms with E-state index in [0.717, 1.165) is 5.92 Å². The largest absolute Gasteiger partial charge is 0.317 e. The van der Waals surface area contributed by atoms with Crippen LogP contribution < -0.4 is 5.32 Å². The van der Waals surface area contributed by atoms with Crippen molar-refractivity contribution >= 4 is 0 Å². The van der Waals surface area contributed by atoms with Crippen molar-refractivity contribution in [3.63, 3.8) is 0 Å². The fourth-order valence-electron chi connectivity index (χ4n) is 3.19. The molecule has 0 aliphatic carbocycles. The van der Waals surface area contributed by atoms with Crippen molar-refractivity contribution in [2.75, 3.05) is 26.7 Å². The molecule has 106 valence electrons. The molecule has 2 heteroatoms. The van der Waals surface area contributed by atoms with Crippen LogP contribution >= 0.6 is 0 Å². The Bertz CT molecular complexity index is 344. The van der Waals surface area contributed by atoms with E-state index in [1.165, 1.54) is 50.9 Å². The second-order valence-electron chi connectivity index (χ2n) is 5.85. The van der Waals surface area contributed by atoms with E-state index >= 15 is 0 Å². The van der Waals surface area contributed by atoms with E-state index in [2.05, 4.69) is 54.5 Å². The SMILES string of the molecule is CCCC(c1ccccc1)N(C)CC1CCNCC1. The number of hydrogen-bond acceptors (Lipinski definition) is 2. The van der Waals surface area contributed by atoms with Crippen molar-refractivity contribution in [1.82, 2.24) is 10.2 Å². The minimum atomic E-state index is 0.584. The molecule has 1 aromatic carbocycles. The molecule has 2 nitrogen and oxygen atoms in total. The molecule has 1 N–H and O–H groups in total. The summed E-state index contributed by atoms with van der Waals surface area (Å²) in [5.41, 5.74) is 1.47. The Morgan fingerprint density at radius 2 is 1.89 bits per heavy atom. The molecule has 1 unspecified atom stereocenters. The van der Waals surface area contributed by atoms with Crippen LogP contribution in [0.15, 0.2) is 30.3 Å². The van der Waals surface area contributed by atoms with Gasteiger partial charge in [0.2, 0.25) is 0 Å².